The molecule has 5 aliphatic rings. The minimum atomic E-state index is -0.494. The molecular formula is C85H65N6O26+. The van der Waals surface area contributed by atoms with Gasteiger partial charge in [0.1, 0.15) is 11.9 Å². The van der Waals surface area contributed by atoms with Gasteiger partial charge in [0.05, 0.1) is 40.1 Å². The van der Waals surface area contributed by atoms with Gasteiger partial charge in [-0.3, -0.25) is 19.5 Å². The van der Waals surface area contributed by atoms with Crippen LogP contribution in [0.4, 0.5) is 22.7 Å². The zero-order valence-electron chi connectivity index (χ0n) is 60.3. The van der Waals surface area contributed by atoms with E-state index in [4.69, 9.17) is 9.57 Å². The Hall–Kier alpha value is -16.0. The predicted octanol–water partition coefficient (Wildman–Crippen LogP) is 12.8. The third kappa shape index (κ3) is 13.1. The number of benzene rings is 13. The maximum Gasteiger partial charge on any atom is 0.222 e. The SMILES string of the molecule is CN1CCc2cc(O)cc3c2[C@H]1Cc1ccc(O)c(O)c1-3.O=c1cc2ncc3c[nH]c4cc(O)c(O)cc4c3c2cc1O.Oc1cc2c(cc1O)N1OC2c2cc(O)c(O)cc21.Oc1cc2c(cc1O)[NH+](O)c1cc(O)c(O)cc1O2.Oc1cc2cc3c(O)c(O)ccc3nc2cc1O.Oc1ccc2cc3ccc(O)c(O)c3cc2c1O. The molecule has 1 aliphatic carbocycles. The van der Waals surface area contributed by atoms with Crippen LogP contribution in [0.2, 0.25) is 0 Å². The Labute approximate surface area is 654 Å². The van der Waals surface area contributed by atoms with Crippen molar-refractivity contribution >= 4 is 98.7 Å². The molecule has 117 heavy (non-hydrogen) atoms. The van der Waals surface area contributed by atoms with E-state index in [1.54, 1.807) is 48.8 Å². The van der Waals surface area contributed by atoms with Crippen molar-refractivity contribution in [1.29, 1.82) is 0 Å². The Morgan fingerprint density at radius 3 is 1.57 bits per heavy atom. The predicted molar refractivity (Wildman–Crippen MR) is 422 cm³/mol. The minimum absolute atomic E-state index is 0.0908. The van der Waals surface area contributed by atoms with Crippen LogP contribution in [0.5, 0.6) is 138 Å². The number of hydrogen-bond acceptors (Lipinski definition) is 30. The monoisotopic (exact) mass is 1590 g/mol. The third-order valence-electron chi connectivity index (χ3n) is 20.8. The normalized spacial score (nSPS) is 13.9. The number of pyridine rings is 3. The van der Waals surface area contributed by atoms with Crippen molar-refractivity contribution in [3.8, 4) is 149 Å². The number of fused-ring (bicyclic) bond motifs is 21. The van der Waals surface area contributed by atoms with E-state index in [0.717, 1.165) is 81.9 Å². The summed E-state index contributed by atoms with van der Waals surface area (Å²) in [6, 6.07) is 39.6. The van der Waals surface area contributed by atoms with Gasteiger partial charge in [0.2, 0.25) is 16.8 Å². The van der Waals surface area contributed by atoms with E-state index in [2.05, 4.69) is 26.9 Å². The van der Waals surface area contributed by atoms with Crippen molar-refractivity contribution in [3.63, 3.8) is 0 Å². The highest BCUT2D eigenvalue weighted by molar-refractivity contribution is 6.19. The number of aromatic amines is 1. The molecule has 0 amide bonds. The Morgan fingerprint density at radius 1 is 0.427 bits per heavy atom. The van der Waals surface area contributed by atoms with Crippen molar-refractivity contribution in [1.82, 2.24) is 19.9 Å². The van der Waals surface area contributed by atoms with Crippen LogP contribution >= 0.6 is 0 Å². The largest absolute Gasteiger partial charge is 0.508 e. The number of phenolic OH excluding ortho intramolecular Hbond substituents is 22. The van der Waals surface area contributed by atoms with Gasteiger partial charge in [0, 0.05) is 133 Å². The number of nitrogens with one attached hydrogen (secondary N) is 2. The Morgan fingerprint density at radius 2 is 0.949 bits per heavy atom. The summed E-state index contributed by atoms with van der Waals surface area (Å²) >= 11 is 0. The van der Waals surface area contributed by atoms with E-state index in [1.807, 2.05) is 12.1 Å². The zero-order valence-corrected chi connectivity index (χ0v) is 60.3. The molecule has 16 aromatic rings. The number of nitrogens with zero attached hydrogens (tertiary/aromatic N) is 4. The fraction of sp³-hybridized carbons (Fsp3) is 0.0706. The number of rotatable bonds is 0. The molecule has 32 nitrogen and oxygen atoms in total. The molecule has 4 aliphatic heterocycles. The van der Waals surface area contributed by atoms with E-state index in [1.165, 1.54) is 102 Å². The van der Waals surface area contributed by atoms with Crippen LogP contribution in [0.3, 0.4) is 0 Å². The van der Waals surface area contributed by atoms with Gasteiger partial charge in [-0.05, 0) is 144 Å². The number of H-pyrrole nitrogens is 1. The number of quaternary nitrogens is 1. The first-order valence-electron chi connectivity index (χ1n) is 35.3. The van der Waals surface area contributed by atoms with Crippen LogP contribution in [0.25, 0.3) is 87.1 Å². The number of hydrogen-bond donors (Lipinski definition) is 25. The Kier molecular flexibility index (Phi) is 18.2. The highest BCUT2D eigenvalue weighted by Gasteiger charge is 2.44. The number of aromatic hydroxyl groups is 22. The summed E-state index contributed by atoms with van der Waals surface area (Å²) in [6.45, 7) is 0.958. The molecule has 2 bridgehead atoms. The van der Waals surface area contributed by atoms with Gasteiger partial charge in [0.15, 0.2) is 132 Å². The van der Waals surface area contributed by atoms with Crippen LogP contribution in [-0.4, -0.2) is 151 Å². The van der Waals surface area contributed by atoms with Crippen molar-refractivity contribution in [3.05, 3.63) is 214 Å². The van der Waals surface area contributed by atoms with Crippen molar-refractivity contribution in [2.45, 2.75) is 25.0 Å². The smallest absolute Gasteiger partial charge is 0.222 e. The molecule has 0 radical (unpaired) electrons. The van der Waals surface area contributed by atoms with E-state index in [-0.39, 0.29) is 137 Å². The average Bonchev–Trinajstić information content (AvgIpc) is 1.55. The molecule has 7 heterocycles. The van der Waals surface area contributed by atoms with Crippen LogP contribution in [0.15, 0.2) is 181 Å². The quantitative estimate of drug-likeness (QED) is 0.0290. The van der Waals surface area contributed by atoms with Crippen molar-refractivity contribution in [2.75, 3.05) is 18.7 Å². The number of aromatic nitrogens is 3. The topological polar surface area (TPSA) is 553 Å². The summed E-state index contributed by atoms with van der Waals surface area (Å²) in [7, 11) is 2.11. The molecule has 0 unspecified atom stereocenters. The second-order valence-electron chi connectivity index (χ2n) is 28.0. The summed E-state index contributed by atoms with van der Waals surface area (Å²) in [5, 5.41) is 229. The molecule has 21 rings (SSSR count). The van der Waals surface area contributed by atoms with E-state index in [0.29, 0.717) is 82.4 Å². The highest BCUT2D eigenvalue weighted by atomic mass is 16.7. The van der Waals surface area contributed by atoms with Crippen LogP contribution in [-0.2, 0) is 17.7 Å². The van der Waals surface area contributed by atoms with Gasteiger partial charge < -0.3 is 122 Å². The van der Waals surface area contributed by atoms with Crippen molar-refractivity contribution < 1.29 is 132 Å². The second-order valence-corrected chi connectivity index (χ2v) is 28.0. The van der Waals surface area contributed by atoms with Crippen LogP contribution in [0, 0.1) is 0 Å². The molecular weight excluding hydrogens is 1520 g/mol. The molecule has 3 aromatic heterocycles. The fourth-order valence-corrected chi connectivity index (χ4v) is 14.9. The van der Waals surface area contributed by atoms with Gasteiger partial charge in [-0.15, -0.1) is 5.06 Å². The zero-order chi connectivity index (χ0) is 82.9. The number of ether oxygens (including phenoxy) is 1. The second kappa shape index (κ2) is 28.3. The van der Waals surface area contributed by atoms with E-state index in [9.17, 15) is 122 Å². The lowest BCUT2D eigenvalue weighted by Gasteiger charge is -2.40. The molecule has 32 heteroatoms. The average molecular weight is 1590 g/mol. The maximum absolute atomic E-state index is 11.6. The van der Waals surface area contributed by atoms with E-state index < -0.39 is 34.5 Å². The van der Waals surface area contributed by atoms with Crippen LogP contribution in [0.1, 0.15) is 40.0 Å². The lowest BCUT2D eigenvalue weighted by Crippen LogP contribution is -2.99. The molecule has 0 saturated heterocycles. The molecule has 0 spiro atoms. The summed E-state index contributed by atoms with van der Waals surface area (Å²) in [5.41, 5.74) is 9.35. The van der Waals surface area contributed by atoms with Gasteiger partial charge in [-0.25, -0.2) is 15.3 Å². The van der Waals surface area contributed by atoms with Gasteiger partial charge in [-0.1, -0.05) is 18.2 Å². The number of anilines is 2. The molecule has 1 atom stereocenters. The first-order valence-corrected chi connectivity index (χ1v) is 35.3. The number of phenols is 22. The first-order chi connectivity index (χ1) is 55.8. The minimum Gasteiger partial charge on any atom is -0.508 e. The Bertz CT molecular complexity index is 6700. The van der Waals surface area contributed by atoms with Gasteiger partial charge in [-0.2, -0.15) is 0 Å². The van der Waals surface area contributed by atoms with Gasteiger partial charge >= 0.3 is 0 Å². The summed E-state index contributed by atoms with van der Waals surface area (Å²) in [5.74, 6) is -4.99. The summed E-state index contributed by atoms with van der Waals surface area (Å²) < 4.78 is 5.40. The maximum atomic E-state index is 11.6. The number of likely N-dealkylation sites (N-methyl/N-ethyl adjacent to an activating group) is 1. The summed E-state index contributed by atoms with van der Waals surface area (Å²) in [6.07, 6.45) is 4.56. The highest BCUT2D eigenvalue weighted by Crippen LogP contribution is 2.59. The van der Waals surface area contributed by atoms with E-state index >= 15 is 0 Å². The van der Waals surface area contributed by atoms with Crippen LogP contribution < -0.4 is 20.3 Å². The molecule has 590 valence electrons. The summed E-state index contributed by atoms with van der Waals surface area (Å²) in [4.78, 5) is 31.0. The fourth-order valence-electron chi connectivity index (χ4n) is 14.9. The lowest BCUT2D eigenvalue weighted by atomic mass is 9.77. The first kappa shape index (κ1) is 75.0. The third-order valence-corrected chi connectivity index (χ3v) is 20.8. The molecule has 13 aromatic carbocycles. The molecule has 0 saturated carbocycles. The van der Waals surface area contributed by atoms with Crippen molar-refractivity contribution in [2.24, 2.45) is 0 Å². The Balaban J connectivity index is 0.000000105. The molecule has 25 N–H and O–H groups in total. The lowest BCUT2D eigenvalue weighted by molar-refractivity contribution is -0.979. The van der Waals surface area contributed by atoms with Gasteiger partial charge in [0.25, 0.3) is 0 Å². The molecule has 0 fully saturated rings. The standard InChI is InChI=1S/C17H17NO3.C16H10N2O4.C14H10O4.C13H9NO5.C13H9NO4.C12H9NO6/c1-18-5-4-10-6-11(19)8-12-15(10)13(18)7-9-2-3-14(20)17(21)16(9)12;19-12-1-8-10(3-14(12)21)17-5-7-6-18-11-4-15(22)13(20)2-9(11)16(7)8;15-11-3-1-7-5-8-2-4-12(16)14(18)10(8)6-9(7)13(11)17;15-9-1-5-7(3-11(9)17)14-8-4-12(18)10(16)2-6(8)13(5)19-14;15-10-2-1-8-7(13(10)18)3-6-4-11(16)12(17)5-9(6)14-8;14-7-1-5-11(3-9(7)16)19-12-4-10(17)8(15)2-6(12)13(5)18/h2-3,6,8,13,19-21H,4-5,7H2,1H3;1-6,17,19-21H;1-6,15-18H;1-4,13,15-18H;1-5,15-18H;1-4,14-18H/p+1/t13-;;;;;/m1...../s1.